The van der Waals surface area contributed by atoms with Crippen molar-refractivity contribution in [3.8, 4) is 0 Å². The number of hydrogen-bond acceptors (Lipinski definition) is 3. The van der Waals surface area contributed by atoms with Crippen molar-refractivity contribution in [2.75, 3.05) is 7.11 Å². The van der Waals surface area contributed by atoms with Gasteiger partial charge in [0.05, 0.1) is 12.7 Å². The average Bonchev–Trinajstić information content (AvgIpc) is 2.41. The first-order chi connectivity index (χ1) is 8.27. The molecule has 1 aromatic carbocycles. The highest BCUT2D eigenvalue weighted by atomic mass is 16.5. The minimum absolute atomic E-state index is 0.325. The molecule has 0 aliphatic carbocycles. The van der Waals surface area contributed by atoms with Crippen LogP contribution in [-0.4, -0.2) is 19.4 Å². The summed E-state index contributed by atoms with van der Waals surface area (Å²) in [6, 6.07) is 7.25. The molecule has 0 aliphatic heterocycles. The van der Waals surface area contributed by atoms with Gasteiger partial charge in [-0.3, -0.25) is 0 Å². The van der Waals surface area contributed by atoms with Crippen LogP contribution in [0.4, 0.5) is 0 Å². The lowest BCUT2D eigenvalue weighted by Gasteiger charge is -2.01. The van der Waals surface area contributed by atoms with E-state index in [1.54, 1.807) is 12.1 Å². The average molecular weight is 236 g/mol. The molecule has 0 unspecified atom stereocenters. The van der Waals surface area contributed by atoms with Gasteiger partial charge in [-0.2, -0.15) is 0 Å². The lowest BCUT2D eigenvalue weighted by molar-refractivity contribution is -0.107. The molecule has 17 heavy (non-hydrogen) atoms. The van der Waals surface area contributed by atoms with Gasteiger partial charge in [0.1, 0.15) is 6.29 Å². The quantitative estimate of drug-likeness (QED) is 0.448. The highest BCUT2D eigenvalue weighted by molar-refractivity contribution is 5.89. The SMILES string of the molecule is CC.COC(=O)c1ccc(CCCC=O)cc1. The summed E-state index contributed by atoms with van der Waals surface area (Å²) in [5.41, 5.74) is 1.68. The highest BCUT2D eigenvalue weighted by Gasteiger charge is 2.03. The number of aryl methyl sites for hydroxylation is 1. The summed E-state index contributed by atoms with van der Waals surface area (Å²) in [5.74, 6) is -0.325. The Kier molecular flexibility index (Phi) is 8.65. The van der Waals surface area contributed by atoms with Crippen molar-refractivity contribution < 1.29 is 14.3 Å². The summed E-state index contributed by atoms with van der Waals surface area (Å²) in [6.07, 6.45) is 3.21. The van der Waals surface area contributed by atoms with E-state index < -0.39 is 0 Å². The Bertz CT molecular complexity index is 328. The Morgan fingerprint density at radius 1 is 1.24 bits per heavy atom. The van der Waals surface area contributed by atoms with Gasteiger partial charge >= 0.3 is 5.97 Å². The van der Waals surface area contributed by atoms with Crippen LogP contribution in [0.5, 0.6) is 0 Å². The minimum Gasteiger partial charge on any atom is -0.465 e. The Morgan fingerprint density at radius 2 is 1.82 bits per heavy atom. The monoisotopic (exact) mass is 236 g/mol. The zero-order valence-electron chi connectivity index (χ0n) is 10.7. The summed E-state index contributed by atoms with van der Waals surface area (Å²) in [5, 5.41) is 0. The van der Waals surface area contributed by atoms with Crippen LogP contribution in [0, 0.1) is 0 Å². The van der Waals surface area contributed by atoms with E-state index >= 15 is 0 Å². The van der Waals surface area contributed by atoms with Crippen LogP contribution < -0.4 is 0 Å². The molecule has 0 aliphatic rings. The molecule has 3 nitrogen and oxygen atoms in total. The van der Waals surface area contributed by atoms with E-state index in [-0.39, 0.29) is 5.97 Å². The summed E-state index contributed by atoms with van der Waals surface area (Å²) < 4.78 is 4.59. The van der Waals surface area contributed by atoms with E-state index in [2.05, 4.69) is 4.74 Å². The largest absolute Gasteiger partial charge is 0.465 e. The summed E-state index contributed by atoms with van der Waals surface area (Å²) >= 11 is 0. The van der Waals surface area contributed by atoms with Crippen LogP contribution in [0.25, 0.3) is 0 Å². The Morgan fingerprint density at radius 3 is 2.29 bits per heavy atom. The number of carbonyl (C=O) groups is 2. The highest BCUT2D eigenvalue weighted by Crippen LogP contribution is 2.08. The Hall–Kier alpha value is -1.64. The maximum atomic E-state index is 11.1. The first-order valence-corrected chi connectivity index (χ1v) is 5.89. The molecule has 0 saturated heterocycles. The second-order valence-corrected chi connectivity index (χ2v) is 3.25. The molecule has 0 atom stereocenters. The van der Waals surface area contributed by atoms with Crippen molar-refractivity contribution >= 4 is 12.3 Å². The third-order valence-electron chi connectivity index (χ3n) is 2.16. The van der Waals surface area contributed by atoms with E-state index in [0.29, 0.717) is 12.0 Å². The molecule has 94 valence electrons. The zero-order valence-corrected chi connectivity index (χ0v) is 10.7. The summed E-state index contributed by atoms with van der Waals surface area (Å²) in [4.78, 5) is 21.2. The van der Waals surface area contributed by atoms with Gasteiger partial charge < -0.3 is 9.53 Å². The topological polar surface area (TPSA) is 43.4 Å². The third-order valence-corrected chi connectivity index (χ3v) is 2.16. The van der Waals surface area contributed by atoms with Gasteiger partial charge in [-0.25, -0.2) is 4.79 Å². The zero-order chi connectivity index (χ0) is 13.1. The van der Waals surface area contributed by atoms with E-state index in [1.165, 1.54) is 7.11 Å². The van der Waals surface area contributed by atoms with Crippen LogP contribution in [0.15, 0.2) is 24.3 Å². The van der Waals surface area contributed by atoms with Crippen molar-refractivity contribution in [2.24, 2.45) is 0 Å². The van der Waals surface area contributed by atoms with Gasteiger partial charge in [0.15, 0.2) is 0 Å². The molecule has 0 radical (unpaired) electrons. The molecule has 0 fully saturated rings. The lowest BCUT2D eigenvalue weighted by atomic mass is 10.1. The summed E-state index contributed by atoms with van der Waals surface area (Å²) in [7, 11) is 1.36. The van der Waals surface area contributed by atoms with E-state index in [1.807, 2.05) is 26.0 Å². The normalized spacial score (nSPS) is 8.88. The number of unbranched alkanes of at least 4 members (excludes halogenated alkanes) is 1. The van der Waals surface area contributed by atoms with Gasteiger partial charge in [-0.1, -0.05) is 26.0 Å². The number of esters is 1. The molecule has 1 aromatic rings. The maximum Gasteiger partial charge on any atom is 0.337 e. The van der Waals surface area contributed by atoms with E-state index in [9.17, 15) is 9.59 Å². The van der Waals surface area contributed by atoms with Crippen molar-refractivity contribution in [1.29, 1.82) is 0 Å². The van der Waals surface area contributed by atoms with E-state index in [0.717, 1.165) is 24.7 Å². The van der Waals surface area contributed by atoms with Crippen molar-refractivity contribution in [1.82, 2.24) is 0 Å². The predicted octanol–water partition coefficient (Wildman–Crippen LogP) is 3.02. The number of ether oxygens (including phenoxy) is 1. The molecular formula is C14H20O3. The fourth-order valence-corrected chi connectivity index (χ4v) is 1.31. The van der Waals surface area contributed by atoms with Crippen LogP contribution >= 0.6 is 0 Å². The molecule has 0 spiro atoms. The number of benzene rings is 1. The molecule has 0 N–H and O–H groups in total. The fraction of sp³-hybridized carbons (Fsp3) is 0.429. The molecule has 0 amide bonds. The molecule has 0 heterocycles. The molecule has 1 rings (SSSR count). The van der Waals surface area contributed by atoms with Gasteiger partial charge in [-0.05, 0) is 30.5 Å². The standard InChI is InChI=1S/C12H14O3.C2H6/c1-15-12(14)11-7-5-10(6-8-11)4-2-3-9-13;1-2/h5-9H,2-4H2,1H3;1-2H3. The van der Waals surface area contributed by atoms with E-state index in [4.69, 9.17) is 0 Å². The number of hydrogen-bond donors (Lipinski definition) is 0. The van der Waals surface area contributed by atoms with Crippen LogP contribution in [0.1, 0.15) is 42.6 Å². The van der Waals surface area contributed by atoms with Crippen LogP contribution in [0.3, 0.4) is 0 Å². The predicted molar refractivity (Wildman–Crippen MR) is 68.1 cm³/mol. The van der Waals surface area contributed by atoms with Crippen molar-refractivity contribution in [2.45, 2.75) is 33.1 Å². The molecular weight excluding hydrogens is 216 g/mol. The first-order valence-electron chi connectivity index (χ1n) is 5.89. The number of rotatable bonds is 5. The van der Waals surface area contributed by atoms with Gasteiger partial charge in [0, 0.05) is 6.42 Å². The fourth-order valence-electron chi connectivity index (χ4n) is 1.31. The van der Waals surface area contributed by atoms with Crippen molar-refractivity contribution in [3.63, 3.8) is 0 Å². The minimum atomic E-state index is -0.325. The lowest BCUT2D eigenvalue weighted by Crippen LogP contribution is -2.00. The Balaban J connectivity index is 0.00000121. The second-order valence-electron chi connectivity index (χ2n) is 3.25. The molecule has 0 aromatic heterocycles. The van der Waals surface area contributed by atoms with Crippen molar-refractivity contribution in [3.05, 3.63) is 35.4 Å². The number of aldehydes is 1. The number of methoxy groups -OCH3 is 1. The van der Waals surface area contributed by atoms with Gasteiger partial charge in [0.2, 0.25) is 0 Å². The van der Waals surface area contributed by atoms with Gasteiger partial charge in [0.25, 0.3) is 0 Å². The second kappa shape index (κ2) is 9.58. The smallest absolute Gasteiger partial charge is 0.337 e. The Labute approximate surface area is 103 Å². The molecule has 0 bridgehead atoms. The summed E-state index contributed by atoms with van der Waals surface area (Å²) in [6.45, 7) is 4.00. The van der Waals surface area contributed by atoms with Crippen LogP contribution in [0.2, 0.25) is 0 Å². The molecule has 0 saturated carbocycles. The number of carbonyl (C=O) groups excluding carboxylic acids is 2. The first kappa shape index (κ1) is 15.4. The third kappa shape index (κ3) is 5.85. The van der Waals surface area contributed by atoms with Crippen LogP contribution in [-0.2, 0) is 16.0 Å². The molecule has 3 heteroatoms. The maximum absolute atomic E-state index is 11.1. The van der Waals surface area contributed by atoms with Gasteiger partial charge in [-0.15, -0.1) is 0 Å².